The third-order valence-electron chi connectivity index (χ3n) is 6.50. The number of aromatic nitrogens is 1. The fraction of sp³-hybridized carbons (Fsp3) is 0.143. The number of ketones is 1. The zero-order valence-electron chi connectivity index (χ0n) is 20.1. The normalized spacial score (nSPS) is 17.0. The topological polar surface area (TPSA) is 91.9 Å². The molecule has 1 aliphatic heterocycles. The number of Topliss-reactive ketones (excluding diaryl/α,β-unsaturated/α-hetero) is 1. The highest BCUT2D eigenvalue weighted by Crippen LogP contribution is 2.47. The molecule has 4 aromatic rings. The Morgan fingerprint density at radius 2 is 1.65 bits per heavy atom. The van der Waals surface area contributed by atoms with E-state index in [2.05, 4.69) is 4.98 Å². The van der Waals surface area contributed by atoms with E-state index < -0.39 is 23.5 Å². The molecule has 5 rings (SSSR count). The Labute approximate surface area is 222 Å². The molecule has 0 spiro atoms. The highest BCUT2D eigenvalue weighted by molar-refractivity contribution is 6.52. The van der Waals surface area contributed by atoms with Gasteiger partial charge in [0.05, 0.1) is 36.4 Å². The van der Waals surface area contributed by atoms with Crippen LogP contribution in [-0.4, -0.2) is 36.0 Å². The number of aliphatic hydroxyl groups is 1. The standard InChI is InChI=1S/C28H22Cl2N2O5/c1-14-23(17-6-4-5-7-20(17)31-14)25-24(26(33)18-12-22(37-3)19(30)13-21(18)36-2)27(34)28(35)32(25)16-10-8-15(29)9-11-16/h4-13,25,31,33H,1-3H3/b26-24+. The number of nitrogens with one attached hydrogen (secondary N) is 1. The van der Waals surface area contributed by atoms with Crippen LogP contribution in [-0.2, 0) is 9.59 Å². The van der Waals surface area contributed by atoms with Crippen molar-refractivity contribution in [1.29, 1.82) is 0 Å². The second-order valence-corrected chi connectivity index (χ2v) is 9.39. The first kappa shape index (κ1) is 24.7. The SMILES string of the molecule is COc1cc(/C(O)=C2\C(=O)C(=O)N(c3ccc(Cl)cc3)C2c2c(C)[nH]c3ccccc23)c(OC)cc1Cl. The van der Waals surface area contributed by atoms with E-state index in [0.29, 0.717) is 16.3 Å². The summed E-state index contributed by atoms with van der Waals surface area (Å²) in [5.41, 5.74) is 2.81. The quantitative estimate of drug-likeness (QED) is 0.174. The Morgan fingerprint density at radius 3 is 2.32 bits per heavy atom. The van der Waals surface area contributed by atoms with Crippen LogP contribution in [0.2, 0.25) is 10.0 Å². The number of para-hydroxylation sites is 1. The summed E-state index contributed by atoms with van der Waals surface area (Å²) in [7, 11) is 2.86. The molecule has 1 amide bonds. The van der Waals surface area contributed by atoms with Gasteiger partial charge in [0.1, 0.15) is 17.3 Å². The summed E-state index contributed by atoms with van der Waals surface area (Å²) in [6.45, 7) is 1.86. The molecule has 1 unspecified atom stereocenters. The first-order chi connectivity index (χ1) is 17.8. The van der Waals surface area contributed by atoms with Gasteiger partial charge in [-0.1, -0.05) is 41.4 Å². The summed E-state index contributed by atoms with van der Waals surface area (Å²) in [5, 5.41) is 13.2. The van der Waals surface area contributed by atoms with Crippen molar-refractivity contribution in [3.63, 3.8) is 0 Å². The molecule has 7 nitrogen and oxygen atoms in total. The fourth-order valence-electron chi connectivity index (χ4n) is 4.81. The fourth-order valence-corrected chi connectivity index (χ4v) is 5.17. The summed E-state index contributed by atoms with van der Waals surface area (Å²) in [6, 6.07) is 16.2. The van der Waals surface area contributed by atoms with Crippen molar-refractivity contribution >= 4 is 57.2 Å². The molecule has 1 fully saturated rings. The number of rotatable bonds is 5. The molecule has 1 saturated heterocycles. The van der Waals surface area contributed by atoms with Gasteiger partial charge < -0.3 is 19.6 Å². The Bertz CT molecular complexity index is 1590. The first-order valence-corrected chi connectivity index (χ1v) is 12.1. The summed E-state index contributed by atoms with van der Waals surface area (Å²) >= 11 is 12.4. The summed E-state index contributed by atoms with van der Waals surface area (Å²) in [6.07, 6.45) is 0. The van der Waals surface area contributed by atoms with E-state index in [1.54, 1.807) is 24.3 Å². The minimum atomic E-state index is -0.941. The number of aromatic amines is 1. The number of hydrogen-bond acceptors (Lipinski definition) is 5. The molecule has 1 aliphatic rings. The van der Waals surface area contributed by atoms with Crippen LogP contribution in [0, 0.1) is 6.92 Å². The number of hydrogen-bond donors (Lipinski definition) is 2. The van der Waals surface area contributed by atoms with E-state index in [4.69, 9.17) is 32.7 Å². The van der Waals surface area contributed by atoms with Gasteiger partial charge in [-0.05, 0) is 43.3 Å². The van der Waals surface area contributed by atoms with Crippen LogP contribution in [0.4, 0.5) is 5.69 Å². The van der Waals surface area contributed by atoms with E-state index in [1.165, 1.54) is 31.3 Å². The summed E-state index contributed by atoms with van der Waals surface area (Å²) < 4.78 is 10.8. The molecule has 0 radical (unpaired) electrons. The predicted molar refractivity (Wildman–Crippen MR) is 144 cm³/mol. The van der Waals surface area contributed by atoms with Crippen molar-refractivity contribution in [3.05, 3.63) is 93.1 Å². The van der Waals surface area contributed by atoms with Gasteiger partial charge in [-0.2, -0.15) is 0 Å². The van der Waals surface area contributed by atoms with Gasteiger partial charge in [0, 0.05) is 38.9 Å². The number of nitrogens with zero attached hydrogens (tertiary/aromatic N) is 1. The lowest BCUT2D eigenvalue weighted by Gasteiger charge is -2.26. The number of anilines is 1. The Kier molecular flexibility index (Phi) is 6.35. The van der Waals surface area contributed by atoms with E-state index in [1.807, 2.05) is 31.2 Å². The lowest BCUT2D eigenvalue weighted by atomic mass is 9.93. The minimum absolute atomic E-state index is 0.0875. The molecule has 0 bridgehead atoms. The zero-order chi connectivity index (χ0) is 26.4. The van der Waals surface area contributed by atoms with Crippen molar-refractivity contribution < 1.29 is 24.2 Å². The van der Waals surface area contributed by atoms with E-state index in [0.717, 1.165) is 16.6 Å². The van der Waals surface area contributed by atoms with Crippen LogP contribution in [0.3, 0.4) is 0 Å². The molecule has 0 aliphatic carbocycles. The summed E-state index contributed by atoms with van der Waals surface area (Å²) in [5.74, 6) is -1.53. The second-order valence-electron chi connectivity index (χ2n) is 8.54. The number of fused-ring (bicyclic) bond motifs is 1. The number of aliphatic hydroxyl groups excluding tert-OH is 1. The Hall–Kier alpha value is -3.94. The van der Waals surface area contributed by atoms with Crippen LogP contribution >= 0.6 is 23.2 Å². The molecule has 1 aromatic heterocycles. The first-order valence-electron chi connectivity index (χ1n) is 11.3. The molecule has 1 atom stereocenters. The summed E-state index contributed by atoms with van der Waals surface area (Å²) in [4.78, 5) is 31.8. The largest absolute Gasteiger partial charge is 0.507 e. The van der Waals surface area contributed by atoms with Crippen LogP contribution in [0.1, 0.15) is 22.9 Å². The van der Waals surface area contributed by atoms with E-state index >= 15 is 0 Å². The van der Waals surface area contributed by atoms with Crippen molar-refractivity contribution in [3.8, 4) is 11.5 Å². The number of benzene rings is 3. The Balaban J connectivity index is 1.84. The number of H-pyrrole nitrogens is 1. The number of ether oxygens (including phenoxy) is 2. The van der Waals surface area contributed by atoms with Gasteiger partial charge in [0.2, 0.25) is 0 Å². The van der Waals surface area contributed by atoms with Crippen molar-refractivity contribution in [1.82, 2.24) is 4.98 Å². The third-order valence-corrected chi connectivity index (χ3v) is 7.04. The van der Waals surface area contributed by atoms with Crippen LogP contribution in [0.25, 0.3) is 16.7 Å². The van der Waals surface area contributed by atoms with Crippen LogP contribution in [0.15, 0.2) is 66.2 Å². The molecule has 2 heterocycles. The lowest BCUT2D eigenvalue weighted by Crippen LogP contribution is -2.29. The van der Waals surface area contributed by atoms with E-state index in [-0.39, 0.29) is 27.7 Å². The number of carbonyl (C=O) groups is 2. The monoisotopic (exact) mass is 536 g/mol. The number of carbonyl (C=O) groups excluding carboxylic acids is 2. The highest BCUT2D eigenvalue weighted by atomic mass is 35.5. The zero-order valence-corrected chi connectivity index (χ0v) is 21.6. The van der Waals surface area contributed by atoms with Gasteiger partial charge in [-0.3, -0.25) is 14.5 Å². The number of halogens is 2. The molecule has 2 N–H and O–H groups in total. The molecule has 9 heteroatoms. The number of aryl methyl sites for hydroxylation is 1. The molecular formula is C28H22Cl2N2O5. The van der Waals surface area contributed by atoms with Gasteiger partial charge in [-0.25, -0.2) is 0 Å². The van der Waals surface area contributed by atoms with Crippen LogP contribution < -0.4 is 14.4 Å². The van der Waals surface area contributed by atoms with Gasteiger partial charge in [0.25, 0.3) is 11.7 Å². The predicted octanol–water partition coefficient (Wildman–Crippen LogP) is 6.43. The molecule has 188 valence electrons. The molecule has 3 aromatic carbocycles. The van der Waals surface area contributed by atoms with Gasteiger partial charge in [-0.15, -0.1) is 0 Å². The average molecular weight is 537 g/mol. The van der Waals surface area contributed by atoms with Gasteiger partial charge >= 0.3 is 0 Å². The second kappa shape index (κ2) is 9.50. The molecular weight excluding hydrogens is 515 g/mol. The maximum Gasteiger partial charge on any atom is 0.300 e. The highest BCUT2D eigenvalue weighted by Gasteiger charge is 2.48. The van der Waals surface area contributed by atoms with Crippen molar-refractivity contribution in [2.45, 2.75) is 13.0 Å². The number of amides is 1. The third kappa shape index (κ3) is 4.00. The van der Waals surface area contributed by atoms with Crippen molar-refractivity contribution in [2.75, 3.05) is 19.1 Å². The Morgan fingerprint density at radius 1 is 0.973 bits per heavy atom. The molecule has 37 heavy (non-hydrogen) atoms. The van der Waals surface area contributed by atoms with Crippen molar-refractivity contribution in [2.24, 2.45) is 0 Å². The molecule has 0 saturated carbocycles. The lowest BCUT2D eigenvalue weighted by molar-refractivity contribution is -0.132. The smallest absolute Gasteiger partial charge is 0.300 e. The van der Waals surface area contributed by atoms with E-state index in [9.17, 15) is 14.7 Å². The minimum Gasteiger partial charge on any atom is -0.507 e. The van der Waals surface area contributed by atoms with Gasteiger partial charge in [0.15, 0.2) is 0 Å². The maximum absolute atomic E-state index is 13.6. The van der Waals surface area contributed by atoms with Crippen LogP contribution in [0.5, 0.6) is 11.5 Å². The maximum atomic E-state index is 13.6. The number of methoxy groups -OCH3 is 2. The average Bonchev–Trinajstić information content (AvgIpc) is 3.36.